The predicted molar refractivity (Wildman–Crippen MR) is 89.1 cm³/mol. The number of carbonyl (C=O) groups is 1. The molecule has 0 bridgehead atoms. The van der Waals surface area contributed by atoms with E-state index in [1.54, 1.807) is 0 Å². The van der Waals surface area contributed by atoms with Crippen LogP contribution in [0.15, 0.2) is 29.2 Å². The average molecular weight is 321 g/mol. The van der Waals surface area contributed by atoms with Crippen LogP contribution in [0.4, 0.5) is 5.13 Å². The second-order valence-electron chi connectivity index (χ2n) is 4.75. The van der Waals surface area contributed by atoms with Gasteiger partial charge < -0.3 is 0 Å². The summed E-state index contributed by atoms with van der Waals surface area (Å²) in [6.07, 6.45) is 3.17. The molecule has 0 aliphatic carbocycles. The molecule has 1 heterocycles. The zero-order valence-electron chi connectivity index (χ0n) is 12.3. The zero-order chi connectivity index (χ0) is 15.1. The monoisotopic (exact) mass is 321 g/mol. The van der Waals surface area contributed by atoms with Crippen LogP contribution in [-0.4, -0.2) is 21.9 Å². The predicted octanol–water partition coefficient (Wildman–Crippen LogP) is 3.92. The number of rotatable bonds is 7. The molecular weight excluding hydrogens is 302 g/mol. The van der Waals surface area contributed by atoms with Crippen LogP contribution in [0.3, 0.4) is 0 Å². The number of benzene rings is 1. The Morgan fingerprint density at radius 1 is 1.29 bits per heavy atom. The standard InChI is InChI=1S/C15H19N3OS2/c1-3-4-5-14-17-18-15(21-14)16-13(19)10-20-12-8-6-11(2)7-9-12/h6-9H,3-5,10H2,1-2H3,(H,16,18,19). The molecule has 0 fully saturated rings. The fourth-order valence-electron chi connectivity index (χ4n) is 1.67. The van der Waals surface area contributed by atoms with E-state index in [9.17, 15) is 4.79 Å². The molecule has 0 saturated heterocycles. The van der Waals surface area contributed by atoms with Crippen LogP contribution in [0, 0.1) is 6.92 Å². The van der Waals surface area contributed by atoms with Crippen molar-refractivity contribution in [3.63, 3.8) is 0 Å². The van der Waals surface area contributed by atoms with Crippen molar-refractivity contribution in [2.75, 3.05) is 11.1 Å². The van der Waals surface area contributed by atoms with E-state index >= 15 is 0 Å². The Hall–Kier alpha value is -1.40. The highest BCUT2D eigenvalue weighted by Gasteiger charge is 2.08. The lowest BCUT2D eigenvalue weighted by Gasteiger charge is -2.02. The minimum atomic E-state index is -0.0428. The summed E-state index contributed by atoms with van der Waals surface area (Å²) in [5, 5.41) is 12.5. The van der Waals surface area contributed by atoms with Gasteiger partial charge in [0.2, 0.25) is 11.0 Å². The number of nitrogens with one attached hydrogen (secondary N) is 1. The SMILES string of the molecule is CCCCc1nnc(NC(=O)CSc2ccc(C)cc2)s1. The van der Waals surface area contributed by atoms with E-state index in [4.69, 9.17) is 0 Å². The Balaban J connectivity index is 1.78. The number of thioether (sulfide) groups is 1. The summed E-state index contributed by atoms with van der Waals surface area (Å²) in [6.45, 7) is 4.19. The molecule has 21 heavy (non-hydrogen) atoms. The molecule has 1 N–H and O–H groups in total. The summed E-state index contributed by atoms with van der Waals surface area (Å²) in [4.78, 5) is 13.0. The van der Waals surface area contributed by atoms with Gasteiger partial charge in [0.25, 0.3) is 0 Å². The van der Waals surface area contributed by atoms with Crippen LogP contribution in [0.1, 0.15) is 30.3 Å². The maximum Gasteiger partial charge on any atom is 0.236 e. The first-order chi connectivity index (χ1) is 10.2. The van der Waals surface area contributed by atoms with E-state index in [0.29, 0.717) is 10.9 Å². The molecule has 112 valence electrons. The van der Waals surface area contributed by atoms with Crippen molar-refractivity contribution in [1.82, 2.24) is 10.2 Å². The summed E-state index contributed by atoms with van der Waals surface area (Å²) >= 11 is 2.98. The summed E-state index contributed by atoms with van der Waals surface area (Å²) in [5.74, 6) is 0.339. The van der Waals surface area contributed by atoms with Crippen molar-refractivity contribution in [2.24, 2.45) is 0 Å². The fourth-order valence-corrected chi connectivity index (χ4v) is 3.17. The molecule has 0 saturated carbocycles. The lowest BCUT2D eigenvalue weighted by molar-refractivity contribution is -0.113. The number of unbranched alkanes of at least 4 members (excludes halogenated alkanes) is 1. The van der Waals surface area contributed by atoms with Gasteiger partial charge in [0.05, 0.1) is 5.75 Å². The second kappa shape index (κ2) is 8.14. The molecule has 1 aromatic carbocycles. The number of amides is 1. The van der Waals surface area contributed by atoms with Gasteiger partial charge in [-0.15, -0.1) is 22.0 Å². The number of aromatic nitrogens is 2. The smallest absolute Gasteiger partial charge is 0.236 e. The maximum absolute atomic E-state index is 11.9. The van der Waals surface area contributed by atoms with Gasteiger partial charge in [-0.2, -0.15) is 0 Å². The van der Waals surface area contributed by atoms with Gasteiger partial charge >= 0.3 is 0 Å². The van der Waals surface area contributed by atoms with Crippen molar-refractivity contribution in [3.8, 4) is 0 Å². The van der Waals surface area contributed by atoms with Crippen molar-refractivity contribution in [3.05, 3.63) is 34.8 Å². The van der Waals surface area contributed by atoms with Crippen LogP contribution in [0.25, 0.3) is 0 Å². The van der Waals surface area contributed by atoms with Crippen molar-refractivity contribution in [2.45, 2.75) is 38.0 Å². The molecule has 0 atom stereocenters. The van der Waals surface area contributed by atoms with Gasteiger partial charge in [-0.05, 0) is 25.5 Å². The number of hydrogen-bond acceptors (Lipinski definition) is 5. The van der Waals surface area contributed by atoms with Crippen LogP contribution in [-0.2, 0) is 11.2 Å². The largest absolute Gasteiger partial charge is 0.300 e. The quantitative estimate of drug-likeness (QED) is 0.785. The highest BCUT2D eigenvalue weighted by atomic mass is 32.2. The third-order valence-electron chi connectivity index (χ3n) is 2.85. The van der Waals surface area contributed by atoms with Gasteiger partial charge in [0.15, 0.2) is 0 Å². The first-order valence-corrected chi connectivity index (χ1v) is 8.79. The molecule has 0 aliphatic heterocycles. The van der Waals surface area contributed by atoms with Crippen molar-refractivity contribution < 1.29 is 4.79 Å². The molecule has 2 rings (SSSR count). The molecule has 0 unspecified atom stereocenters. The number of nitrogens with zero attached hydrogens (tertiary/aromatic N) is 2. The molecule has 2 aromatic rings. The Labute approximate surface area is 133 Å². The normalized spacial score (nSPS) is 10.6. The zero-order valence-corrected chi connectivity index (χ0v) is 13.9. The van der Waals surface area contributed by atoms with E-state index in [2.05, 4.69) is 22.4 Å². The third kappa shape index (κ3) is 5.47. The number of hydrogen-bond donors (Lipinski definition) is 1. The number of anilines is 1. The van der Waals surface area contributed by atoms with Gasteiger partial charge in [-0.1, -0.05) is 42.4 Å². The molecule has 6 heteroatoms. The van der Waals surface area contributed by atoms with Gasteiger partial charge in [-0.3, -0.25) is 10.1 Å². The molecule has 4 nitrogen and oxygen atoms in total. The number of aryl methyl sites for hydroxylation is 2. The van der Waals surface area contributed by atoms with E-state index in [1.807, 2.05) is 31.2 Å². The Bertz CT molecular complexity index is 581. The molecule has 0 radical (unpaired) electrons. The van der Waals surface area contributed by atoms with E-state index in [1.165, 1.54) is 28.7 Å². The highest BCUT2D eigenvalue weighted by molar-refractivity contribution is 8.00. The minimum Gasteiger partial charge on any atom is -0.300 e. The van der Waals surface area contributed by atoms with E-state index in [-0.39, 0.29) is 5.91 Å². The van der Waals surface area contributed by atoms with Crippen LogP contribution in [0.5, 0.6) is 0 Å². The first-order valence-electron chi connectivity index (χ1n) is 6.99. The first kappa shape index (κ1) is 16.0. The maximum atomic E-state index is 11.9. The minimum absolute atomic E-state index is 0.0428. The third-order valence-corrected chi connectivity index (χ3v) is 4.76. The topological polar surface area (TPSA) is 54.9 Å². The van der Waals surface area contributed by atoms with E-state index < -0.39 is 0 Å². The van der Waals surface area contributed by atoms with Gasteiger partial charge in [0.1, 0.15) is 5.01 Å². The highest BCUT2D eigenvalue weighted by Crippen LogP contribution is 2.20. The average Bonchev–Trinajstić information content (AvgIpc) is 2.92. The fraction of sp³-hybridized carbons (Fsp3) is 0.400. The van der Waals surface area contributed by atoms with Gasteiger partial charge in [-0.25, -0.2) is 0 Å². The molecule has 0 spiro atoms. The Morgan fingerprint density at radius 3 is 2.76 bits per heavy atom. The Morgan fingerprint density at radius 2 is 2.05 bits per heavy atom. The summed E-state index contributed by atoms with van der Waals surface area (Å²) in [5.41, 5.74) is 1.22. The lowest BCUT2D eigenvalue weighted by Crippen LogP contribution is -2.13. The molecule has 0 aliphatic rings. The van der Waals surface area contributed by atoms with Gasteiger partial charge in [0, 0.05) is 11.3 Å². The molecular formula is C15H19N3OS2. The summed E-state index contributed by atoms with van der Waals surface area (Å²) in [7, 11) is 0. The molecule has 1 aromatic heterocycles. The summed E-state index contributed by atoms with van der Waals surface area (Å²) < 4.78 is 0. The van der Waals surface area contributed by atoms with Crippen LogP contribution >= 0.6 is 23.1 Å². The number of carbonyl (C=O) groups excluding carboxylic acids is 1. The van der Waals surface area contributed by atoms with Crippen LogP contribution in [0.2, 0.25) is 0 Å². The van der Waals surface area contributed by atoms with E-state index in [0.717, 1.165) is 29.2 Å². The lowest BCUT2D eigenvalue weighted by atomic mass is 10.2. The van der Waals surface area contributed by atoms with Crippen molar-refractivity contribution in [1.29, 1.82) is 0 Å². The van der Waals surface area contributed by atoms with Crippen molar-refractivity contribution >= 4 is 34.1 Å². The Kier molecular flexibility index (Phi) is 6.20. The molecule has 1 amide bonds. The summed E-state index contributed by atoms with van der Waals surface area (Å²) in [6, 6.07) is 8.15. The second-order valence-corrected chi connectivity index (χ2v) is 6.87. The van der Waals surface area contributed by atoms with Crippen LogP contribution < -0.4 is 5.32 Å².